The van der Waals surface area contributed by atoms with E-state index in [0.29, 0.717) is 16.6 Å². The summed E-state index contributed by atoms with van der Waals surface area (Å²) < 4.78 is 0. The summed E-state index contributed by atoms with van der Waals surface area (Å²) in [6, 6.07) is 3.12. The second-order valence-electron chi connectivity index (χ2n) is 2.89. The van der Waals surface area contributed by atoms with Crippen LogP contribution in [0.5, 0.6) is 0 Å². The van der Waals surface area contributed by atoms with Crippen molar-refractivity contribution in [1.29, 1.82) is 0 Å². The van der Waals surface area contributed by atoms with E-state index in [9.17, 15) is 4.79 Å². The van der Waals surface area contributed by atoms with Gasteiger partial charge in [-0.15, -0.1) is 11.6 Å². The van der Waals surface area contributed by atoms with Gasteiger partial charge in [-0.1, -0.05) is 11.6 Å². The van der Waals surface area contributed by atoms with E-state index in [1.807, 2.05) is 6.92 Å². The minimum Gasteiger partial charge on any atom is -0.347 e. The van der Waals surface area contributed by atoms with Gasteiger partial charge in [0, 0.05) is 18.1 Å². The first-order chi connectivity index (χ1) is 6.63. The number of rotatable bonds is 3. The normalized spacial score (nSPS) is 12.2. The Bertz CT molecular complexity index is 313. The molecule has 0 bridgehead atoms. The molecule has 0 aliphatic heterocycles. The number of nitrogens with zero attached hydrogens (tertiary/aromatic N) is 1. The lowest BCUT2D eigenvalue weighted by Gasteiger charge is -2.09. The molecule has 0 radical (unpaired) electrons. The van der Waals surface area contributed by atoms with Gasteiger partial charge in [0.15, 0.2) is 0 Å². The highest BCUT2D eigenvalue weighted by Gasteiger charge is 2.09. The van der Waals surface area contributed by atoms with Crippen molar-refractivity contribution in [3.05, 3.63) is 29.0 Å². The molecule has 0 saturated heterocycles. The molecule has 5 heteroatoms. The molecule has 0 aliphatic carbocycles. The third-order valence-corrected chi connectivity index (χ3v) is 2.26. The van der Waals surface area contributed by atoms with Gasteiger partial charge < -0.3 is 5.32 Å². The van der Waals surface area contributed by atoms with E-state index in [0.717, 1.165) is 0 Å². The van der Waals surface area contributed by atoms with Crippen LogP contribution in [0.2, 0.25) is 5.02 Å². The molecule has 0 saturated carbocycles. The number of halogens is 2. The lowest BCUT2D eigenvalue weighted by Crippen LogP contribution is -2.34. The number of amides is 1. The zero-order valence-electron chi connectivity index (χ0n) is 7.63. The minimum absolute atomic E-state index is 0.0679. The smallest absolute Gasteiger partial charge is 0.270 e. The number of aromatic nitrogens is 1. The average molecular weight is 233 g/mol. The van der Waals surface area contributed by atoms with Crippen LogP contribution in [-0.4, -0.2) is 22.8 Å². The Morgan fingerprint density at radius 1 is 1.64 bits per heavy atom. The minimum atomic E-state index is -0.241. The largest absolute Gasteiger partial charge is 0.347 e. The Hall–Kier alpha value is -0.800. The fourth-order valence-electron chi connectivity index (χ4n) is 0.846. The third-order valence-electron chi connectivity index (χ3n) is 1.57. The van der Waals surface area contributed by atoms with Gasteiger partial charge in [-0.2, -0.15) is 0 Å². The van der Waals surface area contributed by atoms with Crippen LogP contribution >= 0.6 is 23.2 Å². The predicted octanol–water partition coefficient (Wildman–Crippen LogP) is 2.09. The summed E-state index contributed by atoms with van der Waals surface area (Å²) in [5.41, 5.74) is 0.339. The molecule has 76 valence electrons. The van der Waals surface area contributed by atoms with E-state index in [1.54, 1.807) is 12.1 Å². The van der Waals surface area contributed by atoms with Crippen LogP contribution in [0.3, 0.4) is 0 Å². The third kappa shape index (κ3) is 3.16. The summed E-state index contributed by atoms with van der Waals surface area (Å²) in [5, 5.41) is 3.20. The fraction of sp³-hybridized carbons (Fsp3) is 0.333. The van der Waals surface area contributed by atoms with Crippen LogP contribution in [0.1, 0.15) is 17.4 Å². The van der Waals surface area contributed by atoms with Crippen LogP contribution in [0.15, 0.2) is 18.3 Å². The SMILES string of the molecule is CC(CCl)NC(=O)c1ccc(Cl)cn1. The van der Waals surface area contributed by atoms with E-state index >= 15 is 0 Å². The monoisotopic (exact) mass is 232 g/mol. The van der Waals surface area contributed by atoms with Crippen molar-refractivity contribution < 1.29 is 4.79 Å². The molecule has 0 aromatic carbocycles. The van der Waals surface area contributed by atoms with E-state index in [4.69, 9.17) is 23.2 Å². The Balaban J connectivity index is 2.65. The van der Waals surface area contributed by atoms with Gasteiger partial charge in [-0.25, -0.2) is 4.98 Å². The predicted molar refractivity (Wildman–Crippen MR) is 56.9 cm³/mol. The van der Waals surface area contributed by atoms with E-state index < -0.39 is 0 Å². The van der Waals surface area contributed by atoms with E-state index in [2.05, 4.69) is 10.3 Å². The number of hydrogen-bond acceptors (Lipinski definition) is 2. The van der Waals surface area contributed by atoms with Gasteiger partial charge >= 0.3 is 0 Å². The topological polar surface area (TPSA) is 42.0 Å². The lowest BCUT2D eigenvalue weighted by atomic mass is 10.3. The first-order valence-corrected chi connectivity index (χ1v) is 5.03. The quantitative estimate of drug-likeness (QED) is 0.812. The van der Waals surface area contributed by atoms with E-state index in [1.165, 1.54) is 6.20 Å². The Kier molecular flexibility index (Phi) is 4.17. The Morgan fingerprint density at radius 3 is 2.86 bits per heavy atom. The number of carbonyl (C=O) groups excluding carboxylic acids is 1. The molecule has 1 aromatic heterocycles. The molecule has 1 rings (SSSR count). The van der Waals surface area contributed by atoms with Crippen LogP contribution in [0.25, 0.3) is 0 Å². The number of pyridine rings is 1. The maximum Gasteiger partial charge on any atom is 0.270 e. The maximum atomic E-state index is 11.4. The van der Waals surface area contributed by atoms with Crippen LogP contribution in [-0.2, 0) is 0 Å². The van der Waals surface area contributed by atoms with Gasteiger partial charge in [0.1, 0.15) is 5.69 Å². The summed E-state index contributed by atoms with van der Waals surface area (Å²) in [4.78, 5) is 15.3. The zero-order chi connectivity index (χ0) is 10.6. The summed E-state index contributed by atoms with van der Waals surface area (Å²) in [7, 11) is 0. The van der Waals surface area contributed by atoms with Crippen molar-refractivity contribution in [2.24, 2.45) is 0 Å². The highest BCUT2D eigenvalue weighted by Crippen LogP contribution is 2.06. The van der Waals surface area contributed by atoms with Crippen molar-refractivity contribution in [2.45, 2.75) is 13.0 Å². The van der Waals surface area contributed by atoms with Gasteiger partial charge in [0.05, 0.1) is 5.02 Å². The van der Waals surface area contributed by atoms with Crippen molar-refractivity contribution in [3.63, 3.8) is 0 Å². The van der Waals surface area contributed by atoms with Crippen molar-refractivity contribution in [3.8, 4) is 0 Å². The number of carbonyl (C=O) groups is 1. The molecule has 14 heavy (non-hydrogen) atoms. The molecule has 1 amide bonds. The van der Waals surface area contributed by atoms with Crippen molar-refractivity contribution in [2.75, 3.05) is 5.88 Å². The van der Waals surface area contributed by atoms with Gasteiger partial charge in [0.25, 0.3) is 5.91 Å². The summed E-state index contributed by atoms with van der Waals surface area (Å²) in [6.45, 7) is 1.82. The zero-order valence-corrected chi connectivity index (χ0v) is 9.14. The Morgan fingerprint density at radius 2 is 2.36 bits per heavy atom. The summed E-state index contributed by atoms with van der Waals surface area (Å²) >= 11 is 11.2. The standard InChI is InChI=1S/C9H10Cl2N2O/c1-6(4-10)13-9(14)8-3-2-7(11)5-12-8/h2-3,5-6H,4H2,1H3,(H,13,14). The lowest BCUT2D eigenvalue weighted by molar-refractivity contribution is 0.0938. The first-order valence-electron chi connectivity index (χ1n) is 4.12. The van der Waals surface area contributed by atoms with Crippen molar-refractivity contribution in [1.82, 2.24) is 10.3 Å². The second-order valence-corrected chi connectivity index (χ2v) is 3.64. The molecular weight excluding hydrogens is 223 g/mol. The van der Waals surface area contributed by atoms with Gasteiger partial charge in [-0.05, 0) is 19.1 Å². The number of alkyl halides is 1. The molecule has 0 spiro atoms. The molecule has 3 nitrogen and oxygen atoms in total. The molecule has 1 aromatic rings. The summed E-state index contributed by atoms with van der Waals surface area (Å²) in [5.74, 6) is 0.133. The van der Waals surface area contributed by atoms with Crippen molar-refractivity contribution >= 4 is 29.1 Å². The van der Waals surface area contributed by atoms with Crippen LogP contribution in [0.4, 0.5) is 0 Å². The second kappa shape index (κ2) is 5.17. The van der Waals surface area contributed by atoms with E-state index in [-0.39, 0.29) is 11.9 Å². The molecular formula is C9H10Cl2N2O. The fourth-order valence-corrected chi connectivity index (χ4v) is 1.04. The molecule has 0 aliphatic rings. The number of nitrogens with one attached hydrogen (secondary N) is 1. The maximum absolute atomic E-state index is 11.4. The van der Waals surface area contributed by atoms with Crippen LogP contribution in [0, 0.1) is 0 Å². The van der Waals surface area contributed by atoms with Gasteiger partial charge in [0.2, 0.25) is 0 Å². The summed E-state index contributed by atoms with van der Waals surface area (Å²) in [6.07, 6.45) is 1.43. The molecule has 1 atom stereocenters. The molecule has 1 heterocycles. The van der Waals surface area contributed by atoms with Crippen LogP contribution < -0.4 is 5.32 Å². The first kappa shape index (κ1) is 11.3. The highest BCUT2D eigenvalue weighted by atomic mass is 35.5. The highest BCUT2D eigenvalue weighted by molar-refractivity contribution is 6.30. The average Bonchev–Trinajstić information content (AvgIpc) is 2.18. The number of hydrogen-bond donors (Lipinski definition) is 1. The molecule has 0 fully saturated rings. The van der Waals surface area contributed by atoms with Gasteiger partial charge in [-0.3, -0.25) is 4.79 Å². The molecule has 1 unspecified atom stereocenters. The Labute approximate surface area is 92.4 Å². The molecule has 1 N–H and O–H groups in total.